The van der Waals surface area contributed by atoms with E-state index in [-0.39, 0.29) is 27.4 Å². The molecule has 0 saturated carbocycles. The summed E-state index contributed by atoms with van der Waals surface area (Å²) in [5, 5.41) is 11.4. The number of hydrogen-bond donors (Lipinski definition) is 1. The molecule has 0 atom stereocenters. The molecule has 1 aliphatic rings. The highest BCUT2D eigenvalue weighted by Crippen LogP contribution is 2.45. The Kier molecular flexibility index (Phi) is 7.63. The minimum atomic E-state index is -0.318. The molecule has 200 valence electrons. The van der Waals surface area contributed by atoms with E-state index in [1.807, 2.05) is 24.3 Å². The van der Waals surface area contributed by atoms with Crippen LogP contribution in [0.4, 0.5) is 0 Å². The van der Waals surface area contributed by atoms with Crippen molar-refractivity contribution in [2.75, 3.05) is 0 Å². The van der Waals surface area contributed by atoms with Crippen molar-refractivity contribution in [1.29, 1.82) is 0 Å². The lowest BCUT2D eigenvalue weighted by Gasteiger charge is -2.32. The predicted octanol–water partition coefficient (Wildman–Crippen LogP) is 8.11. The van der Waals surface area contributed by atoms with Gasteiger partial charge in [0.15, 0.2) is 5.78 Å². The molecule has 0 unspecified atom stereocenters. The fourth-order valence-corrected chi connectivity index (χ4v) is 4.96. The standard InChI is InChI=1S/C35H45BO2/c1-32(2,3)25-17-22(18-26(30(25)37)33(4,5)6)29(21-13-15-24(36)16-14-21)23-19-27(34(7,8)9)31(38)28(20-23)35(10,11)12/h13-20,37H,1-12H3. The maximum absolute atomic E-state index is 13.7. The average Bonchev–Trinajstić information content (AvgIpc) is 2.73. The molecule has 1 N–H and O–H groups in total. The van der Waals surface area contributed by atoms with E-state index in [0.717, 1.165) is 44.5 Å². The van der Waals surface area contributed by atoms with Gasteiger partial charge < -0.3 is 5.11 Å². The molecule has 0 fully saturated rings. The maximum atomic E-state index is 13.7. The number of allylic oxidation sites excluding steroid dienone is 5. The molecule has 2 aromatic carbocycles. The van der Waals surface area contributed by atoms with Gasteiger partial charge >= 0.3 is 0 Å². The normalized spacial score (nSPS) is 15.4. The van der Waals surface area contributed by atoms with Crippen LogP contribution in [0.25, 0.3) is 5.57 Å². The Morgan fingerprint density at radius 2 is 1.03 bits per heavy atom. The van der Waals surface area contributed by atoms with Crippen molar-refractivity contribution in [3.05, 3.63) is 87.5 Å². The van der Waals surface area contributed by atoms with Crippen LogP contribution in [0.5, 0.6) is 5.75 Å². The molecule has 0 aliphatic heterocycles. The second-order valence-corrected chi connectivity index (χ2v) is 14.8. The Hall–Kier alpha value is -2.81. The fourth-order valence-electron chi connectivity index (χ4n) is 4.96. The highest BCUT2D eigenvalue weighted by molar-refractivity contribution is 6.32. The van der Waals surface area contributed by atoms with Gasteiger partial charge in [-0.1, -0.05) is 113 Å². The molecule has 1 aliphatic carbocycles. The Morgan fingerprint density at radius 3 is 1.37 bits per heavy atom. The first-order chi connectivity index (χ1) is 17.1. The second-order valence-electron chi connectivity index (χ2n) is 14.8. The zero-order valence-corrected chi connectivity index (χ0v) is 25.6. The lowest BCUT2D eigenvalue weighted by atomic mass is 9.70. The molecule has 0 spiro atoms. The molecule has 2 nitrogen and oxygen atoms in total. The van der Waals surface area contributed by atoms with Crippen LogP contribution >= 0.6 is 0 Å². The van der Waals surface area contributed by atoms with Gasteiger partial charge in [-0.3, -0.25) is 4.79 Å². The first-order valence-corrected chi connectivity index (χ1v) is 13.6. The highest BCUT2D eigenvalue weighted by Gasteiger charge is 2.35. The number of phenols is 1. The van der Waals surface area contributed by atoms with Crippen LogP contribution < -0.4 is 5.46 Å². The smallest absolute Gasteiger partial charge is 0.186 e. The topological polar surface area (TPSA) is 37.3 Å². The molecule has 0 bridgehead atoms. The summed E-state index contributed by atoms with van der Waals surface area (Å²) in [7, 11) is 6.09. The first-order valence-electron chi connectivity index (χ1n) is 13.6. The van der Waals surface area contributed by atoms with Gasteiger partial charge in [0.1, 0.15) is 13.6 Å². The number of ketones is 1. The van der Waals surface area contributed by atoms with E-state index in [1.54, 1.807) is 0 Å². The molecular formula is C35H45BO2. The van der Waals surface area contributed by atoms with E-state index in [0.29, 0.717) is 11.2 Å². The summed E-state index contributed by atoms with van der Waals surface area (Å²) in [5.41, 5.74) is 7.00. The molecule has 0 saturated heterocycles. The first kappa shape index (κ1) is 29.7. The van der Waals surface area contributed by atoms with Gasteiger partial charge in [0.2, 0.25) is 0 Å². The summed E-state index contributed by atoms with van der Waals surface area (Å²) in [4.78, 5) is 13.7. The van der Waals surface area contributed by atoms with Crippen LogP contribution in [-0.4, -0.2) is 18.7 Å². The number of hydrogen-bond acceptors (Lipinski definition) is 2. The van der Waals surface area contributed by atoms with Gasteiger partial charge in [-0.05, 0) is 68.2 Å². The Bertz CT molecular complexity index is 1270. The number of rotatable bonds is 2. The van der Waals surface area contributed by atoms with Crippen molar-refractivity contribution >= 4 is 24.7 Å². The Labute approximate surface area is 232 Å². The number of Topliss-reactive ketones (excluding diaryl/α,β-unsaturated/α-hetero) is 1. The third kappa shape index (κ3) is 6.09. The summed E-state index contributed by atoms with van der Waals surface area (Å²) in [6.45, 7) is 25.3. The van der Waals surface area contributed by atoms with Crippen LogP contribution in [-0.2, 0) is 15.6 Å². The Morgan fingerprint density at radius 1 is 0.632 bits per heavy atom. The average molecular weight is 509 g/mol. The van der Waals surface area contributed by atoms with Crippen molar-refractivity contribution in [3.63, 3.8) is 0 Å². The minimum Gasteiger partial charge on any atom is -0.507 e. The van der Waals surface area contributed by atoms with Crippen LogP contribution in [0, 0.1) is 10.8 Å². The summed E-state index contributed by atoms with van der Waals surface area (Å²) < 4.78 is 0. The summed E-state index contributed by atoms with van der Waals surface area (Å²) in [5.74, 6) is 0.466. The molecule has 2 aromatic rings. The lowest BCUT2D eigenvalue weighted by Crippen LogP contribution is -2.28. The van der Waals surface area contributed by atoms with E-state index >= 15 is 0 Å². The van der Waals surface area contributed by atoms with Gasteiger partial charge in [-0.25, -0.2) is 0 Å². The van der Waals surface area contributed by atoms with Crippen molar-refractivity contribution < 1.29 is 9.90 Å². The lowest BCUT2D eigenvalue weighted by molar-refractivity contribution is -0.114. The summed E-state index contributed by atoms with van der Waals surface area (Å²) in [6, 6.07) is 12.2. The maximum Gasteiger partial charge on any atom is 0.186 e. The molecule has 0 amide bonds. The number of benzene rings is 2. The number of phenolic OH excluding ortho intramolecular Hbond substituents is 1. The largest absolute Gasteiger partial charge is 0.507 e. The third-order valence-electron chi connectivity index (χ3n) is 7.21. The van der Waals surface area contributed by atoms with E-state index < -0.39 is 0 Å². The second kappa shape index (κ2) is 9.74. The molecule has 0 heterocycles. The van der Waals surface area contributed by atoms with Gasteiger partial charge in [0.25, 0.3) is 0 Å². The molecule has 3 rings (SSSR count). The minimum absolute atomic E-state index is 0.113. The van der Waals surface area contributed by atoms with Gasteiger partial charge in [-0.15, -0.1) is 0 Å². The van der Waals surface area contributed by atoms with Crippen molar-refractivity contribution in [2.24, 2.45) is 10.8 Å². The van der Waals surface area contributed by atoms with E-state index in [4.69, 9.17) is 7.85 Å². The van der Waals surface area contributed by atoms with Crippen molar-refractivity contribution in [3.8, 4) is 5.75 Å². The van der Waals surface area contributed by atoms with Crippen LogP contribution in [0.15, 0.2) is 65.3 Å². The predicted molar refractivity (Wildman–Crippen MR) is 163 cm³/mol. The van der Waals surface area contributed by atoms with Gasteiger partial charge in [-0.2, -0.15) is 0 Å². The molecular weight excluding hydrogens is 463 g/mol. The monoisotopic (exact) mass is 508 g/mol. The van der Waals surface area contributed by atoms with Crippen molar-refractivity contribution in [1.82, 2.24) is 0 Å². The molecule has 38 heavy (non-hydrogen) atoms. The molecule has 2 radical (unpaired) electrons. The zero-order valence-electron chi connectivity index (χ0n) is 25.6. The zero-order chi connectivity index (χ0) is 29.0. The molecule has 3 heteroatoms. The number of aromatic hydroxyl groups is 1. The SMILES string of the molecule is [B]c1ccc(C(=C2C=C(C(C)(C)C)C(=O)C(C(C)(C)C)=C2)c2cc(C(C)(C)C)c(O)c(C(C)(C)C)c2)cc1. The third-order valence-corrected chi connectivity index (χ3v) is 7.21. The summed E-state index contributed by atoms with van der Waals surface area (Å²) >= 11 is 0. The van der Waals surface area contributed by atoms with E-state index in [1.165, 1.54) is 0 Å². The Balaban J connectivity index is 2.58. The van der Waals surface area contributed by atoms with E-state index in [2.05, 4.69) is 107 Å². The van der Waals surface area contributed by atoms with Crippen molar-refractivity contribution in [2.45, 2.75) is 93.9 Å². The number of carbonyl (C=O) groups is 1. The number of carbonyl (C=O) groups excluding carboxylic acids is 1. The highest BCUT2D eigenvalue weighted by atomic mass is 16.3. The van der Waals surface area contributed by atoms with Gasteiger partial charge in [0.05, 0.1) is 0 Å². The van der Waals surface area contributed by atoms with Crippen LogP contribution in [0.1, 0.15) is 105 Å². The summed E-state index contributed by atoms with van der Waals surface area (Å²) in [6.07, 6.45) is 4.15. The van der Waals surface area contributed by atoms with Gasteiger partial charge in [0, 0.05) is 22.3 Å². The fraction of sp³-hybridized carbons (Fsp3) is 0.457. The van der Waals surface area contributed by atoms with Crippen LogP contribution in [0.3, 0.4) is 0 Å². The molecule has 0 aromatic heterocycles. The quantitative estimate of drug-likeness (QED) is 0.416. The van der Waals surface area contributed by atoms with E-state index in [9.17, 15) is 9.90 Å². The van der Waals surface area contributed by atoms with Crippen LogP contribution in [0.2, 0.25) is 0 Å².